The molecule has 0 saturated heterocycles. The molecule has 0 aliphatic carbocycles. The second-order valence-electron chi connectivity index (χ2n) is 2.17. The molecule has 0 bridgehead atoms. The zero-order chi connectivity index (χ0) is 5.21. The van der Waals surface area contributed by atoms with Gasteiger partial charge in [-0.05, 0) is 20.3 Å². The van der Waals surface area contributed by atoms with Crippen molar-refractivity contribution in [1.29, 1.82) is 0 Å². The van der Waals surface area contributed by atoms with Gasteiger partial charge >= 0.3 is 23.1 Å². The van der Waals surface area contributed by atoms with Crippen LogP contribution >= 0.6 is 0 Å². The van der Waals surface area contributed by atoms with E-state index in [0.717, 1.165) is 6.42 Å². The van der Waals surface area contributed by atoms with Crippen molar-refractivity contribution in [2.45, 2.75) is 32.8 Å². The maximum absolute atomic E-state index is 8.83. The molecule has 0 aliphatic rings. The molecular weight excluding hydrogens is 100 g/mol. The summed E-state index contributed by atoms with van der Waals surface area (Å²) in [4.78, 5) is 0. The first-order valence-electron chi connectivity index (χ1n) is 2.28. The van der Waals surface area contributed by atoms with Crippen molar-refractivity contribution >= 4 is 23.1 Å². The van der Waals surface area contributed by atoms with E-state index in [9.17, 15) is 0 Å². The van der Waals surface area contributed by atoms with Gasteiger partial charge in [0.15, 0.2) is 0 Å². The molecule has 0 aromatic carbocycles. The molecule has 7 heavy (non-hydrogen) atoms. The minimum absolute atomic E-state index is 0. The van der Waals surface area contributed by atoms with Crippen molar-refractivity contribution in [3.8, 4) is 0 Å². The van der Waals surface area contributed by atoms with Gasteiger partial charge in [0.1, 0.15) is 0 Å². The minimum Gasteiger partial charge on any atom is -0.390 e. The van der Waals surface area contributed by atoms with Gasteiger partial charge in [0.2, 0.25) is 0 Å². The summed E-state index contributed by atoms with van der Waals surface area (Å²) >= 11 is 0. The summed E-state index contributed by atoms with van der Waals surface area (Å²) < 4.78 is 0. The molecule has 0 fully saturated rings. The predicted molar refractivity (Wildman–Crippen MR) is 35.1 cm³/mol. The maximum atomic E-state index is 8.83. The number of aliphatic hydroxyl groups is 1. The first kappa shape index (κ1) is 10.7. The smallest absolute Gasteiger partial charge is 0.316 e. The summed E-state index contributed by atoms with van der Waals surface area (Å²) in [5, 5.41) is 8.83. The van der Waals surface area contributed by atoms with E-state index in [2.05, 4.69) is 0 Å². The van der Waals surface area contributed by atoms with Crippen LogP contribution in [0.15, 0.2) is 0 Å². The Bertz CT molecular complexity index is 37.8. The second kappa shape index (κ2) is 3.69. The molecule has 0 spiro atoms. The molecule has 1 N–H and O–H groups in total. The van der Waals surface area contributed by atoms with Gasteiger partial charge in [0.25, 0.3) is 0 Å². The van der Waals surface area contributed by atoms with E-state index < -0.39 is 5.60 Å². The van der Waals surface area contributed by atoms with Crippen molar-refractivity contribution < 1.29 is 5.11 Å². The lowest BCUT2D eigenvalue weighted by molar-refractivity contribution is 0.0765. The molecule has 0 aromatic heterocycles. The van der Waals surface area contributed by atoms with Crippen molar-refractivity contribution in [3.05, 3.63) is 0 Å². The molecule has 0 atom stereocenters. The van der Waals surface area contributed by atoms with Crippen molar-refractivity contribution in [3.63, 3.8) is 0 Å². The highest BCUT2D eigenvalue weighted by Gasteiger charge is 2.05. The fraction of sp³-hybridized carbons (Fsp3) is 1.00. The number of hydrogen-bond acceptors (Lipinski definition) is 1. The average Bonchev–Trinajstić information content (AvgIpc) is 1.35. The van der Waals surface area contributed by atoms with E-state index in [0.29, 0.717) is 0 Å². The Kier molecular flexibility index (Phi) is 5.63. The molecule has 2 heteroatoms. The number of hydrogen-bond donors (Lipinski definition) is 1. The third-order valence-electron chi connectivity index (χ3n) is 0.865. The molecule has 1 nitrogen and oxygen atoms in total. The van der Waals surface area contributed by atoms with Crippen LogP contribution in [0.5, 0.6) is 0 Å². The Morgan fingerprint density at radius 2 is 1.57 bits per heavy atom. The van der Waals surface area contributed by atoms with Crippen LogP contribution in [0.4, 0.5) is 0 Å². The number of rotatable bonds is 1. The van der Waals surface area contributed by atoms with Crippen LogP contribution in [-0.2, 0) is 0 Å². The Morgan fingerprint density at radius 1 is 1.43 bits per heavy atom. The highest BCUT2D eigenvalue weighted by molar-refractivity contribution is 5.75. The predicted octanol–water partition coefficient (Wildman–Crippen LogP) is 0.251. The monoisotopic (exact) mass is 114 g/mol. The molecular formula is C5H14MgO. The quantitative estimate of drug-likeness (QED) is 0.485. The lowest BCUT2D eigenvalue weighted by Crippen LogP contribution is -2.15. The molecule has 0 heterocycles. The average molecular weight is 114 g/mol. The molecule has 42 valence electrons. The van der Waals surface area contributed by atoms with Crippen LogP contribution in [0.25, 0.3) is 0 Å². The highest BCUT2D eigenvalue weighted by atomic mass is 24.3. The van der Waals surface area contributed by atoms with Crippen LogP contribution in [0.3, 0.4) is 0 Å². The highest BCUT2D eigenvalue weighted by Crippen LogP contribution is 2.03. The Labute approximate surface area is 61.3 Å². The molecule has 0 aromatic rings. The topological polar surface area (TPSA) is 20.2 Å². The Hall–Kier alpha value is 0.726. The molecule has 0 radical (unpaired) electrons. The van der Waals surface area contributed by atoms with Gasteiger partial charge in [-0.15, -0.1) is 0 Å². The van der Waals surface area contributed by atoms with Crippen molar-refractivity contribution in [2.75, 3.05) is 0 Å². The second-order valence-corrected chi connectivity index (χ2v) is 2.17. The van der Waals surface area contributed by atoms with E-state index >= 15 is 0 Å². The van der Waals surface area contributed by atoms with Crippen molar-refractivity contribution in [2.24, 2.45) is 0 Å². The largest absolute Gasteiger partial charge is 0.390 e. The minimum atomic E-state index is -0.458. The lowest BCUT2D eigenvalue weighted by atomic mass is 10.1. The summed E-state index contributed by atoms with van der Waals surface area (Å²) in [6, 6.07) is 0. The van der Waals surface area contributed by atoms with Gasteiger partial charge < -0.3 is 5.11 Å². The van der Waals surface area contributed by atoms with Crippen LogP contribution in [0, 0.1) is 0 Å². The molecule has 0 saturated carbocycles. The summed E-state index contributed by atoms with van der Waals surface area (Å²) in [6.07, 6.45) is 0.826. The van der Waals surface area contributed by atoms with Gasteiger partial charge in [-0.1, -0.05) is 6.92 Å². The van der Waals surface area contributed by atoms with E-state index in [4.69, 9.17) is 5.11 Å². The first-order chi connectivity index (χ1) is 2.56. The SMILES string of the molecule is CCC(C)(C)O.[MgH2]. The third-order valence-corrected chi connectivity index (χ3v) is 0.865. The van der Waals surface area contributed by atoms with E-state index in [1.54, 1.807) is 13.8 Å². The van der Waals surface area contributed by atoms with Gasteiger partial charge in [0, 0.05) is 0 Å². The third kappa shape index (κ3) is 10.8. The summed E-state index contributed by atoms with van der Waals surface area (Å²) in [5.74, 6) is 0. The van der Waals surface area contributed by atoms with Gasteiger partial charge in [0.05, 0.1) is 5.60 Å². The molecule has 0 aliphatic heterocycles. The fourth-order valence-corrected chi connectivity index (χ4v) is 0. The zero-order valence-corrected chi connectivity index (χ0v) is 4.65. The van der Waals surface area contributed by atoms with Crippen molar-refractivity contribution in [1.82, 2.24) is 0 Å². The van der Waals surface area contributed by atoms with E-state index in [1.807, 2.05) is 6.92 Å². The van der Waals surface area contributed by atoms with Gasteiger partial charge in [-0.25, -0.2) is 0 Å². The zero-order valence-electron chi connectivity index (χ0n) is 4.65. The molecule has 0 amide bonds. The first-order valence-corrected chi connectivity index (χ1v) is 2.28. The molecule has 0 unspecified atom stereocenters. The summed E-state index contributed by atoms with van der Waals surface area (Å²) in [6.45, 7) is 5.56. The Balaban J connectivity index is 0. The molecule has 0 rings (SSSR count). The van der Waals surface area contributed by atoms with E-state index in [1.165, 1.54) is 0 Å². The Morgan fingerprint density at radius 3 is 1.57 bits per heavy atom. The summed E-state index contributed by atoms with van der Waals surface area (Å²) in [5.41, 5.74) is -0.458. The van der Waals surface area contributed by atoms with Gasteiger partial charge in [-0.3, -0.25) is 0 Å². The van der Waals surface area contributed by atoms with Crippen LogP contribution in [0.1, 0.15) is 27.2 Å². The summed E-state index contributed by atoms with van der Waals surface area (Å²) in [7, 11) is 0. The van der Waals surface area contributed by atoms with Gasteiger partial charge in [-0.2, -0.15) is 0 Å². The normalized spacial score (nSPS) is 10.3. The van der Waals surface area contributed by atoms with E-state index in [-0.39, 0.29) is 23.1 Å². The van der Waals surface area contributed by atoms with Crippen LogP contribution in [0.2, 0.25) is 0 Å². The van der Waals surface area contributed by atoms with Crippen LogP contribution in [-0.4, -0.2) is 33.8 Å². The standard InChI is InChI=1S/C5H12O.Mg.2H/c1-4-5(2,3)6;;;/h6H,4H2,1-3H3;;;. The fourth-order valence-electron chi connectivity index (χ4n) is 0. The lowest BCUT2D eigenvalue weighted by Gasteiger charge is -2.11. The maximum Gasteiger partial charge on any atom is 0.316 e. The van der Waals surface area contributed by atoms with Crippen LogP contribution < -0.4 is 0 Å².